The summed E-state index contributed by atoms with van der Waals surface area (Å²) in [4.78, 5) is 15.9. The van der Waals surface area contributed by atoms with Crippen molar-refractivity contribution in [2.45, 2.75) is 44.8 Å². The smallest absolute Gasteiger partial charge is 0.252 e. The maximum Gasteiger partial charge on any atom is 0.252 e. The van der Waals surface area contributed by atoms with Crippen molar-refractivity contribution in [3.05, 3.63) is 0 Å². The lowest BCUT2D eigenvalue weighted by Gasteiger charge is -2.22. The second-order valence-electron chi connectivity index (χ2n) is 4.66. The fourth-order valence-electron chi connectivity index (χ4n) is 1.84. The van der Waals surface area contributed by atoms with Gasteiger partial charge in [-0.2, -0.15) is 0 Å². The first-order chi connectivity index (χ1) is 6.44. The van der Waals surface area contributed by atoms with Gasteiger partial charge in [0.2, 0.25) is 0 Å². The Morgan fingerprint density at radius 1 is 1.43 bits per heavy atom. The first-order valence-corrected chi connectivity index (χ1v) is 5.00. The number of nitrogens with one attached hydrogen (secondary N) is 1. The Hall–Kier alpha value is -0.900. The molecular formula is C10H16N2O2. The van der Waals surface area contributed by atoms with Gasteiger partial charge in [-0.3, -0.25) is 9.79 Å². The van der Waals surface area contributed by atoms with Crippen LogP contribution < -0.4 is 5.32 Å². The number of carbonyl (C=O) groups excluding carboxylic acids is 1. The van der Waals surface area contributed by atoms with Crippen LogP contribution in [0.2, 0.25) is 0 Å². The summed E-state index contributed by atoms with van der Waals surface area (Å²) in [6.07, 6.45) is 1.97. The molecule has 4 nitrogen and oxygen atoms in total. The Morgan fingerprint density at radius 3 is 2.57 bits per heavy atom. The highest BCUT2D eigenvalue weighted by Crippen LogP contribution is 2.29. The molecule has 2 aliphatic rings. The Balaban J connectivity index is 2.25. The molecule has 1 fully saturated rings. The van der Waals surface area contributed by atoms with Gasteiger partial charge < -0.3 is 10.1 Å². The predicted molar refractivity (Wildman–Crippen MR) is 53.2 cm³/mol. The van der Waals surface area contributed by atoms with E-state index in [1.165, 1.54) is 0 Å². The zero-order valence-corrected chi connectivity index (χ0v) is 8.89. The van der Waals surface area contributed by atoms with Crippen LogP contribution in [-0.4, -0.2) is 29.5 Å². The van der Waals surface area contributed by atoms with E-state index in [-0.39, 0.29) is 11.5 Å². The van der Waals surface area contributed by atoms with E-state index in [1.54, 1.807) is 0 Å². The molecule has 0 saturated carbocycles. The van der Waals surface area contributed by atoms with Gasteiger partial charge in [-0.05, 0) is 33.6 Å². The lowest BCUT2D eigenvalue weighted by atomic mass is 10.0. The summed E-state index contributed by atoms with van der Waals surface area (Å²) < 4.78 is 5.62. The van der Waals surface area contributed by atoms with Crippen molar-refractivity contribution in [3.63, 3.8) is 0 Å². The van der Waals surface area contributed by atoms with Crippen LogP contribution >= 0.6 is 0 Å². The number of amides is 1. The van der Waals surface area contributed by atoms with Gasteiger partial charge in [0.25, 0.3) is 5.91 Å². The third-order valence-electron chi connectivity index (χ3n) is 2.90. The maximum atomic E-state index is 11.5. The topological polar surface area (TPSA) is 50.7 Å². The molecule has 0 aromatic carbocycles. The number of aliphatic imine (C=N–C) groups is 1. The summed E-state index contributed by atoms with van der Waals surface area (Å²) in [5.41, 5.74) is -1.01. The van der Waals surface area contributed by atoms with Crippen LogP contribution in [0.5, 0.6) is 0 Å². The van der Waals surface area contributed by atoms with Crippen LogP contribution in [-0.2, 0) is 9.53 Å². The number of nitrogens with zero attached hydrogens (tertiary/aromatic N) is 1. The monoisotopic (exact) mass is 196 g/mol. The molecule has 1 N–H and O–H groups in total. The van der Waals surface area contributed by atoms with Crippen molar-refractivity contribution >= 4 is 11.7 Å². The van der Waals surface area contributed by atoms with E-state index in [4.69, 9.17) is 4.74 Å². The molecule has 0 radical (unpaired) electrons. The third-order valence-corrected chi connectivity index (χ3v) is 2.90. The van der Waals surface area contributed by atoms with Crippen LogP contribution in [0, 0.1) is 0 Å². The average Bonchev–Trinajstić information content (AvgIpc) is 2.60. The molecule has 0 aliphatic carbocycles. The molecule has 2 aliphatic heterocycles. The van der Waals surface area contributed by atoms with Gasteiger partial charge in [-0.15, -0.1) is 0 Å². The van der Waals surface area contributed by atoms with Crippen molar-refractivity contribution in [3.8, 4) is 0 Å². The number of hydrogen-bond acceptors (Lipinski definition) is 3. The molecule has 1 unspecified atom stereocenters. The van der Waals surface area contributed by atoms with Gasteiger partial charge in [0.1, 0.15) is 17.0 Å². The molecule has 2 rings (SSSR count). The minimum Gasteiger partial charge on any atom is -0.367 e. The van der Waals surface area contributed by atoms with Crippen LogP contribution in [0.15, 0.2) is 4.99 Å². The molecule has 0 aromatic rings. The molecule has 0 aromatic heterocycles. The van der Waals surface area contributed by atoms with Gasteiger partial charge in [0, 0.05) is 6.61 Å². The highest BCUT2D eigenvalue weighted by Gasteiger charge is 2.44. The summed E-state index contributed by atoms with van der Waals surface area (Å²) in [6.45, 7) is 6.37. The first-order valence-electron chi connectivity index (χ1n) is 5.00. The first kappa shape index (κ1) is 9.65. The van der Waals surface area contributed by atoms with Crippen LogP contribution in [0.3, 0.4) is 0 Å². The van der Waals surface area contributed by atoms with E-state index in [2.05, 4.69) is 10.3 Å². The molecule has 0 spiro atoms. The summed E-state index contributed by atoms with van der Waals surface area (Å²) in [6, 6.07) is 0. The second-order valence-corrected chi connectivity index (χ2v) is 4.66. The SMILES string of the molecule is CC1(C)N=C(C2(C)CCCO2)NC1=O. The summed E-state index contributed by atoms with van der Waals surface area (Å²) in [5, 5.41) is 2.81. The minimum absolute atomic E-state index is 0.0378. The quantitative estimate of drug-likeness (QED) is 0.676. The van der Waals surface area contributed by atoms with E-state index >= 15 is 0 Å². The zero-order chi connectivity index (χ0) is 10.4. The highest BCUT2D eigenvalue weighted by molar-refractivity contribution is 6.11. The molecule has 1 saturated heterocycles. The predicted octanol–water partition coefficient (Wildman–Crippen LogP) is 0.862. The maximum absolute atomic E-state index is 11.5. The van der Waals surface area contributed by atoms with Gasteiger partial charge >= 0.3 is 0 Å². The van der Waals surface area contributed by atoms with E-state index in [1.807, 2.05) is 20.8 Å². The van der Waals surface area contributed by atoms with Crippen molar-refractivity contribution in [1.29, 1.82) is 0 Å². The number of carbonyl (C=O) groups is 1. The van der Waals surface area contributed by atoms with Gasteiger partial charge in [0.15, 0.2) is 0 Å². The number of rotatable bonds is 1. The van der Waals surface area contributed by atoms with Crippen LogP contribution in [0.1, 0.15) is 33.6 Å². The zero-order valence-electron chi connectivity index (χ0n) is 8.89. The van der Waals surface area contributed by atoms with E-state index in [0.717, 1.165) is 19.4 Å². The van der Waals surface area contributed by atoms with Gasteiger partial charge in [-0.25, -0.2) is 0 Å². The number of ether oxygens (including phenoxy) is 1. The molecule has 1 atom stereocenters. The minimum atomic E-state index is -0.635. The fourth-order valence-corrected chi connectivity index (χ4v) is 1.84. The lowest BCUT2D eigenvalue weighted by molar-refractivity contribution is -0.122. The third kappa shape index (κ3) is 1.34. The van der Waals surface area contributed by atoms with E-state index in [0.29, 0.717) is 5.84 Å². The Kier molecular flexibility index (Phi) is 1.93. The average molecular weight is 196 g/mol. The number of amidine groups is 1. The van der Waals surface area contributed by atoms with E-state index < -0.39 is 5.54 Å². The highest BCUT2D eigenvalue weighted by atomic mass is 16.5. The lowest BCUT2D eigenvalue weighted by Crippen LogP contribution is -2.44. The van der Waals surface area contributed by atoms with Crippen molar-refractivity contribution in [2.75, 3.05) is 6.61 Å². The van der Waals surface area contributed by atoms with Gasteiger partial charge in [0.05, 0.1) is 0 Å². The van der Waals surface area contributed by atoms with Crippen molar-refractivity contribution < 1.29 is 9.53 Å². The molecule has 1 amide bonds. The number of hydrogen-bond donors (Lipinski definition) is 1. The summed E-state index contributed by atoms with van der Waals surface area (Å²) in [7, 11) is 0. The van der Waals surface area contributed by atoms with Crippen molar-refractivity contribution in [2.24, 2.45) is 4.99 Å². The van der Waals surface area contributed by atoms with E-state index in [9.17, 15) is 4.79 Å². The molecule has 4 heteroatoms. The molecular weight excluding hydrogens is 180 g/mol. The van der Waals surface area contributed by atoms with Crippen molar-refractivity contribution in [1.82, 2.24) is 5.32 Å². The molecule has 78 valence electrons. The Morgan fingerprint density at radius 2 is 2.14 bits per heavy atom. The largest absolute Gasteiger partial charge is 0.367 e. The summed E-state index contributed by atoms with van der Waals surface area (Å²) >= 11 is 0. The van der Waals surface area contributed by atoms with Crippen LogP contribution in [0.4, 0.5) is 0 Å². The normalized spacial score (nSPS) is 35.6. The summed E-state index contributed by atoms with van der Waals surface area (Å²) in [5.74, 6) is 0.661. The second kappa shape index (κ2) is 2.79. The molecule has 0 bridgehead atoms. The fraction of sp³-hybridized carbons (Fsp3) is 0.800. The molecule has 2 heterocycles. The van der Waals surface area contributed by atoms with Gasteiger partial charge in [-0.1, -0.05) is 0 Å². The Labute approximate surface area is 83.7 Å². The van der Waals surface area contributed by atoms with Crippen LogP contribution in [0.25, 0.3) is 0 Å². The molecule has 14 heavy (non-hydrogen) atoms. The Bertz CT molecular complexity index is 301. The standard InChI is InChI=1S/C10H16N2O2/c1-9(2)8(13)11-7(12-9)10(3)5-4-6-14-10/h4-6H2,1-3H3,(H,11,12,13).